The molecule has 1 fully saturated rings. The standard InChI is InChI=1S/C14H16N4O2S/c15-13(20)11-4-3-7-18(11)12(19)8-10-9-21-14(16-10)17-5-1-2-6-17/h1-2,5-6,9,11H,3-4,7-8H2,(H2,15,20)/t11-/m0/s1. The summed E-state index contributed by atoms with van der Waals surface area (Å²) in [5, 5.41) is 2.71. The number of nitrogens with two attached hydrogens (primary N) is 1. The Balaban J connectivity index is 1.69. The number of carbonyl (C=O) groups excluding carboxylic acids is 2. The lowest BCUT2D eigenvalue weighted by Gasteiger charge is -2.21. The number of hydrogen-bond acceptors (Lipinski definition) is 4. The minimum atomic E-state index is -0.458. The Morgan fingerprint density at radius 2 is 2.14 bits per heavy atom. The SMILES string of the molecule is NC(=O)[C@@H]1CCCN1C(=O)Cc1csc(-n2cccc2)n1. The fourth-order valence-electron chi connectivity index (χ4n) is 2.58. The Bertz CT molecular complexity index is 650. The first-order chi connectivity index (χ1) is 10.1. The number of hydrogen-bond donors (Lipinski definition) is 1. The smallest absolute Gasteiger partial charge is 0.240 e. The second-order valence-electron chi connectivity index (χ2n) is 5.04. The van der Waals surface area contributed by atoms with E-state index < -0.39 is 11.9 Å². The van der Waals surface area contributed by atoms with Crippen molar-refractivity contribution in [3.8, 4) is 5.13 Å². The molecule has 110 valence electrons. The number of rotatable bonds is 4. The van der Waals surface area contributed by atoms with Crippen molar-refractivity contribution in [3.05, 3.63) is 35.6 Å². The van der Waals surface area contributed by atoms with E-state index in [9.17, 15) is 9.59 Å². The molecular weight excluding hydrogens is 288 g/mol. The second kappa shape index (κ2) is 5.69. The van der Waals surface area contributed by atoms with Gasteiger partial charge in [0.25, 0.3) is 0 Å². The molecule has 3 heterocycles. The molecule has 1 aliphatic heterocycles. The highest BCUT2D eigenvalue weighted by Gasteiger charge is 2.32. The Kier molecular flexibility index (Phi) is 3.74. The summed E-state index contributed by atoms with van der Waals surface area (Å²) >= 11 is 1.49. The van der Waals surface area contributed by atoms with Gasteiger partial charge < -0.3 is 15.2 Å². The highest BCUT2D eigenvalue weighted by Crippen LogP contribution is 2.20. The number of likely N-dealkylation sites (tertiary alicyclic amines) is 1. The molecule has 2 aromatic rings. The van der Waals surface area contributed by atoms with Crippen LogP contribution in [0, 0.1) is 0 Å². The maximum absolute atomic E-state index is 12.3. The van der Waals surface area contributed by atoms with Crippen LogP contribution in [0.25, 0.3) is 5.13 Å². The van der Waals surface area contributed by atoms with Crippen LogP contribution in [0.5, 0.6) is 0 Å². The average Bonchev–Trinajstić information content (AvgIpc) is 3.19. The van der Waals surface area contributed by atoms with E-state index in [2.05, 4.69) is 4.98 Å². The monoisotopic (exact) mass is 304 g/mol. The van der Waals surface area contributed by atoms with Crippen LogP contribution >= 0.6 is 11.3 Å². The molecule has 0 saturated carbocycles. The van der Waals surface area contributed by atoms with Crippen molar-refractivity contribution in [1.29, 1.82) is 0 Å². The first-order valence-electron chi connectivity index (χ1n) is 6.81. The molecule has 0 aromatic carbocycles. The maximum Gasteiger partial charge on any atom is 0.240 e. The molecule has 1 atom stereocenters. The fraction of sp³-hybridized carbons (Fsp3) is 0.357. The van der Waals surface area contributed by atoms with E-state index in [0.29, 0.717) is 13.0 Å². The normalized spacial score (nSPS) is 18.1. The topological polar surface area (TPSA) is 81.2 Å². The minimum Gasteiger partial charge on any atom is -0.368 e. The van der Waals surface area contributed by atoms with Gasteiger partial charge in [-0.1, -0.05) is 0 Å². The van der Waals surface area contributed by atoms with Gasteiger partial charge in [-0.2, -0.15) is 0 Å². The molecule has 1 saturated heterocycles. The molecule has 0 radical (unpaired) electrons. The summed E-state index contributed by atoms with van der Waals surface area (Å²) in [4.78, 5) is 29.7. The van der Waals surface area contributed by atoms with Crippen molar-refractivity contribution in [2.45, 2.75) is 25.3 Å². The summed E-state index contributed by atoms with van der Waals surface area (Å²) in [7, 11) is 0. The van der Waals surface area contributed by atoms with Gasteiger partial charge >= 0.3 is 0 Å². The molecule has 1 aliphatic rings. The number of thiazole rings is 1. The van der Waals surface area contributed by atoms with E-state index in [1.165, 1.54) is 11.3 Å². The molecule has 2 N–H and O–H groups in total. The molecule has 2 amide bonds. The average molecular weight is 304 g/mol. The van der Waals surface area contributed by atoms with Crippen LogP contribution in [0.15, 0.2) is 29.9 Å². The Labute approximate surface area is 126 Å². The molecule has 3 rings (SSSR count). The molecule has 21 heavy (non-hydrogen) atoms. The van der Waals surface area contributed by atoms with Crippen LogP contribution in [0.3, 0.4) is 0 Å². The van der Waals surface area contributed by atoms with Crippen molar-refractivity contribution in [2.75, 3.05) is 6.54 Å². The Morgan fingerprint density at radius 1 is 1.38 bits per heavy atom. The van der Waals surface area contributed by atoms with E-state index in [4.69, 9.17) is 5.73 Å². The van der Waals surface area contributed by atoms with E-state index in [1.807, 2.05) is 34.5 Å². The predicted molar refractivity (Wildman–Crippen MR) is 79.1 cm³/mol. The largest absolute Gasteiger partial charge is 0.368 e. The van der Waals surface area contributed by atoms with Crippen LogP contribution in [0.2, 0.25) is 0 Å². The molecule has 7 heteroatoms. The van der Waals surface area contributed by atoms with Crippen molar-refractivity contribution in [1.82, 2.24) is 14.5 Å². The van der Waals surface area contributed by atoms with Crippen molar-refractivity contribution in [3.63, 3.8) is 0 Å². The number of aromatic nitrogens is 2. The number of carbonyl (C=O) groups is 2. The van der Waals surface area contributed by atoms with E-state index in [1.54, 1.807) is 4.90 Å². The maximum atomic E-state index is 12.3. The third-order valence-electron chi connectivity index (χ3n) is 3.60. The first-order valence-corrected chi connectivity index (χ1v) is 7.69. The number of amides is 2. The highest BCUT2D eigenvalue weighted by molar-refractivity contribution is 7.12. The number of primary amides is 1. The zero-order chi connectivity index (χ0) is 14.8. The summed E-state index contributed by atoms with van der Waals surface area (Å²) in [6, 6.07) is 3.39. The Morgan fingerprint density at radius 3 is 2.86 bits per heavy atom. The quantitative estimate of drug-likeness (QED) is 0.913. The van der Waals surface area contributed by atoms with Gasteiger partial charge in [0.2, 0.25) is 11.8 Å². The molecule has 0 bridgehead atoms. The molecule has 6 nitrogen and oxygen atoms in total. The molecule has 2 aromatic heterocycles. The zero-order valence-corrected chi connectivity index (χ0v) is 12.3. The summed E-state index contributed by atoms with van der Waals surface area (Å²) in [6.07, 6.45) is 5.52. The molecular formula is C14H16N4O2S. The van der Waals surface area contributed by atoms with E-state index in [-0.39, 0.29) is 12.3 Å². The van der Waals surface area contributed by atoms with Crippen LogP contribution in [0.1, 0.15) is 18.5 Å². The molecule has 0 unspecified atom stereocenters. The lowest BCUT2D eigenvalue weighted by atomic mass is 10.2. The van der Waals surface area contributed by atoms with Crippen LogP contribution in [0.4, 0.5) is 0 Å². The van der Waals surface area contributed by atoms with Gasteiger partial charge in [-0.25, -0.2) is 4.98 Å². The number of nitrogens with zero attached hydrogens (tertiary/aromatic N) is 3. The van der Waals surface area contributed by atoms with Gasteiger partial charge in [0.05, 0.1) is 12.1 Å². The lowest BCUT2D eigenvalue weighted by Crippen LogP contribution is -2.44. The van der Waals surface area contributed by atoms with E-state index in [0.717, 1.165) is 17.2 Å². The van der Waals surface area contributed by atoms with Crippen molar-refractivity contribution < 1.29 is 9.59 Å². The lowest BCUT2D eigenvalue weighted by molar-refractivity contribution is -0.136. The highest BCUT2D eigenvalue weighted by atomic mass is 32.1. The summed E-state index contributed by atoms with van der Waals surface area (Å²) in [5.41, 5.74) is 6.06. The van der Waals surface area contributed by atoms with Gasteiger partial charge in [0.15, 0.2) is 5.13 Å². The Hall–Kier alpha value is -2.15. The summed E-state index contributed by atoms with van der Waals surface area (Å²) in [5.74, 6) is -0.507. The molecule has 0 aliphatic carbocycles. The van der Waals surface area contributed by atoms with E-state index >= 15 is 0 Å². The minimum absolute atomic E-state index is 0.0827. The van der Waals surface area contributed by atoms with Crippen LogP contribution < -0.4 is 5.73 Å². The third kappa shape index (κ3) is 2.82. The third-order valence-corrected chi connectivity index (χ3v) is 4.50. The van der Waals surface area contributed by atoms with Crippen LogP contribution in [-0.4, -0.2) is 38.9 Å². The van der Waals surface area contributed by atoms with Gasteiger partial charge in [-0.05, 0) is 25.0 Å². The van der Waals surface area contributed by atoms with Gasteiger partial charge in [-0.3, -0.25) is 9.59 Å². The van der Waals surface area contributed by atoms with Crippen molar-refractivity contribution in [2.24, 2.45) is 5.73 Å². The van der Waals surface area contributed by atoms with Gasteiger partial charge in [0.1, 0.15) is 6.04 Å². The van der Waals surface area contributed by atoms with Gasteiger partial charge in [0, 0.05) is 24.3 Å². The predicted octanol–water partition coefficient (Wildman–Crippen LogP) is 0.953. The zero-order valence-electron chi connectivity index (χ0n) is 11.4. The van der Waals surface area contributed by atoms with Crippen LogP contribution in [-0.2, 0) is 16.0 Å². The summed E-state index contributed by atoms with van der Waals surface area (Å²) < 4.78 is 1.90. The second-order valence-corrected chi connectivity index (χ2v) is 5.87. The molecule has 0 spiro atoms. The summed E-state index contributed by atoms with van der Waals surface area (Å²) in [6.45, 7) is 0.598. The van der Waals surface area contributed by atoms with Gasteiger partial charge in [-0.15, -0.1) is 11.3 Å². The van der Waals surface area contributed by atoms with Crippen molar-refractivity contribution >= 4 is 23.2 Å². The first kappa shape index (κ1) is 13.8. The fourth-order valence-corrected chi connectivity index (χ4v) is 3.37.